The number of methoxy groups -OCH3 is 1. The minimum Gasteiger partial charge on any atom is -0.768 e. The van der Waals surface area contributed by atoms with Gasteiger partial charge in [0.25, 0.3) is 0 Å². The third kappa shape index (κ3) is 4.62. The van der Waals surface area contributed by atoms with Crippen LogP contribution in [0.5, 0.6) is 5.75 Å². The first kappa shape index (κ1) is 15.6. The maximum absolute atomic E-state index is 11.1. The van der Waals surface area contributed by atoms with Gasteiger partial charge in [0.2, 0.25) is 5.91 Å². The Hall–Kier alpha value is -1.44. The van der Waals surface area contributed by atoms with E-state index in [0.29, 0.717) is 12.0 Å². The molecule has 1 amide bonds. The lowest BCUT2D eigenvalue weighted by Gasteiger charge is -2.17. The molecule has 0 bridgehead atoms. The van der Waals surface area contributed by atoms with Crippen LogP contribution in [0.15, 0.2) is 23.1 Å². The Morgan fingerprint density at radius 3 is 2.74 bits per heavy atom. The standard InChI is InChI=1S/C12H17NO5S/c1-8(15)13-10(7-14)5-9-3-4-11(18-2)12(6-9)19(16)17/h3-4,6,10,14H,5,7H2,1-2H3,(H,13,15)(H,16,17)/p-1/t10-/m0/s1. The summed E-state index contributed by atoms with van der Waals surface area (Å²) in [6.45, 7) is 1.14. The van der Waals surface area contributed by atoms with Crippen LogP contribution in [0.1, 0.15) is 12.5 Å². The molecule has 6 nitrogen and oxygen atoms in total. The van der Waals surface area contributed by atoms with Gasteiger partial charge in [0.05, 0.1) is 24.7 Å². The van der Waals surface area contributed by atoms with E-state index in [1.54, 1.807) is 12.1 Å². The topological polar surface area (TPSA) is 98.7 Å². The molecule has 1 aromatic rings. The second-order valence-electron chi connectivity index (χ2n) is 4.00. The molecule has 1 aromatic carbocycles. The Balaban J connectivity index is 2.92. The molecule has 0 aliphatic heterocycles. The van der Waals surface area contributed by atoms with Gasteiger partial charge in [-0.25, -0.2) is 0 Å². The molecule has 1 rings (SSSR count). The zero-order valence-electron chi connectivity index (χ0n) is 10.7. The minimum atomic E-state index is -2.40. The van der Waals surface area contributed by atoms with Gasteiger partial charge >= 0.3 is 0 Å². The van der Waals surface area contributed by atoms with Crippen molar-refractivity contribution < 1.29 is 23.4 Å². The highest BCUT2D eigenvalue weighted by atomic mass is 32.2. The Labute approximate surface area is 114 Å². The van der Waals surface area contributed by atoms with Crippen molar-refractivity contribution in [3.8, 4) is 5.75 Å². The molecule has 106 valence electrons. The molecule has 0 saturated carbocycles. The van der Waals surface area contributed by atoms with Gasteiger partial charge < -0.3 is 19.7 Å². The fourth-order valence-corrected chi connectivity index (χ4v) is 2.27. The Morgan fingerprint density at radius 1 is 1.58 bits per heavy atom. The van der Waals surface area contributed by atoms with E-state index in [0.717, 1.165) is 0 Å². The third-order valence-electron chi connectivity index (χ3n) is 2.52. The van der Waals surface area contributed by atoms with E-state index in [2.05, 4.69) is 5.32 Å². The lowest BCUT2D eigenvalue weighted by molar-refractivity contribution is -0.119. The molecule has 0 radical (unpaired) electrons. The summed E-state index contributed by atoms with van der Waals surface area (Å²) in [4.78, 5) is 11.0. The molecule has 0 fully saturated rings. The molecular weight excluding hydrogens is 270 g/mol. The van der Waals surface area contributed by atoms with E-state index in [9.17, 15) is 13.6 Å². The average molecular weight is 286 g/mol. The fraction of sp³-hybridized carbons (Fsp3) is 0.417. The van der Waals surface area contributed by atoms with Gasteiger partial charge in [-0.1, -0.05) is 6.07 Å². The van der Waals surface area contributed by atoms with E-state index in [1.807, 2.05) is 0 Å². The summed E-state index contributed by atoms with van der Waals surface area (Å²) >= 11 is -2.40. The molecule has 7 heteroatoms. The minimum absolute atomic E-state index is 0.0551. The number of hydrogen-bond acceptors (Lipinski definition) is 5. The van der Waals surface area contributed by atoms with Gasteiger partial charge in [0.15, 0.2) is 0 Å². The van der Waals surface area contributed by atoms with Crippen molar-refractivity contribution in [3.05, 3.63) is 23.8 Å². The number of nitrogens with one attached hydrogen (secondary N) is 1. The number of carbonyl (C=O) groups is 1. The molecule has 0 spiro atoms. The first-order valence-electron chi connectivity index (χ1n) is 5.62. The van der Waals surface area contributed by atoms with Crippen molar-refractivity contribution in [1.82, 2.24) is 5.32 Å². The largest absolute Gasteiger partial charge is 0.768 e. The van der Waals surface area contributed by atoms with Gasteiger partial charge in [-0.2, -0.15) is 0 Å². The van der Waals surface area contributed by atoms with Crippen LogP contribution in [0.2, 0.25) is 0 Å². The van der Waals surface area contributed by atoms with E-state index < -0.39 is 17.1 Å². The zero-order chi connectivity index (χ0) is 14.4. The van der Waals surface area contributed by atoms with Crippen LogP contribution < -0.4 is 10.1 Å². The summed E-state index contributed by atoms with van der Waals surface area (Å²) in [6.07, 6.45) is 0.338. The van der Waals surface area contributed by atoms with Crippen LogP contribution in [-0.4, -0.2) is 39.5 Å². The number of rotatable bonds is 6. The first-order chi connectivity index (χ1) is 8.97. The monoisotopic (exact) mass is 286 g/mol. The van der Waals surface area contributed by atoms with Gasteiger partial charge in [0, 0.05) is 6.92 Å². The number of carbonyl (C=O) groups excluding carboxylic acids is 1. The molecule has 0 heterocycles. The van der Waals surface area contributed by atoms with Crippen molar-refractivity contribution >= 4 is 17.0 Å². The summed E-state index contributed by atoms with van der Waals surface area (Å²) in [5.41, 5.74) is 0.688. The van der Waals surface area contributed by atoms with Gasteiger partial charge in [-0.3, -0.25) is 9.00 Å². The van der Waals surface area contributed by atoms with Crippen molar-refractivity contribution in [2.24, 2.45) is 0 Å². The Morgan fingerprint density at radius 2 is 2.26 bits per heavy atom. The van der Waals surface area contributed by atoms with Gasteiger partial charge in [-0.05, 0) is 35.2 Å². The number of amides is 1. The summed E-state index contributed by atoms with van der Waals surface area (Å²) in [7, 11) is 1.39. The van der Waals surface area contributed by atoms with Gasteiger partial charge in [-0.15, -0.1) is 0 Å². The highest BCUT2D eigenvalue weighted by Crippen LogP contribution is 2.23. The van der Waals surface area contributed by atoms with E-state index >= 15 is 0 Å². The predicted octanol–water partition coefficient (Wildman–Crippen LogP) is -0.0273. The Kier molecular flexibility index (Phi) is 5.94. The summed E-state index contributed by atoms with van der Waals surface area (Å²) < 4.78 is 27.1. The molecule has 19 heavy (non-hydrogen) atoms. The number of benzene rings is 1. The quantitative estimate of drug-likeness (QED) is 0.716. The maximum Gasteiger partial charge on any atom is 0.217 e. The smallest absolute Gasteiger partial charge is 0.217 e. The summed E-state index contributed by atoms with van der Waals surface area (Å²) in [5, 5.41) is 11.7. The zero-order valence-corrected chi connectivity index (χ0v) is 11.5. The van der Waals surface area contributed by atoms with Crippen LogP contribution in [0.4, 0.5) is 0 Å². The fourth-order valence-electron chi connectivity index (χ4n) is 1.71. The SMILES string of the molecule is COc1ccc(C[C@@H](CO)NC(C)=O)cc1S(=O)[O-]. The normalized spacial score (nSPS) is 13.7. The molecular formula is C12H16NO5S-. The summed E-state index contributed by atoms with van der Waals surface area (Å²) in [6, 6.07) is 4.26. The molecule has 2 atom stereocenters. The Bertz CT molecular complexity index is 477. The average Bonchev–Trinajstić information content (AvgIpc) is 2.37. The van der Waals surface area contributed by atoms with Crippen LogP contribution >= 0.6 is 0 Å². The van der Waals surface area contributed by atoms with Crippen LogP contribution in [0, 0.1) is 0 Å². The molecule has 0 aromatic heterocycles. The maximum atomic E-state index is 11.1. The number of ether oxygens (including phenoxy) is 1. The molecule has 0 aliphatic rings. The van der Waals surface area contributed by atoms with Crippen molar-refractivity contribution in [2.45, 2.75) is 24.3 Å². The summed E-state index contributed by atoms with van der Waals surface area (Å²) in [5.74, 6) is 0.0114. The first-order valence-corrected chi connectivity index (χ1v) is 6.69. The van der Waals surface area contributed by atoms with Crippen molar-refractivity contribution in [1.29, 1.82) is 0 Å². The van der Waals surface area contributed by atoms with E-state index in [4.69, 9.17) is 9.84 Å². The van der Waals surface area contributed by atoms with Crippen molar-refractivity contribution in [3.63, 3.8) is 0 Å². The highest BCUT2D eigenvalue weighted by Gasteiger charge is 2.12. The lowest BCUT2D eigenvalue weighted by Crippen LogP contribution is -2.37. The predicted molar refractivity (Wildman–Crippen MR) is 68.6 cm³/mol. The highest BCUT2D eigenvalue weighted by molar-refractivity contribution is 7.79. The van der Waals surface area contributed by atoms with Gasteiger partial charge in [0.1, 0.15) is 5.75 Å². The lowest BCUT2D eigenvalue weighted by atomic mass is 10.1. The molecule has 0 aliphatic carbocycles. The van der Waals surface area contributed by atoms with Crippen molar-refractivity contribution in [2.75, 3.05) is 13.7 Å². The van der Waals surface area contributed by atoms with Crippen LogP contribution in [-0.2, 0) is 22.3 Å². The second-order valence-corrected chi connectivity index (χ2v) is 4.91. The van der Waals surface area contributed by atoms with E-state index in [-0.39, 0.29) is 23.2 Å². The molecule has 2 N–H and O–H groups in total. The number of aliphatic hydroxyl groups excluding tert-OH is 1. The molecule has 1 unspecified atom stereocenters. The van der Waals surface area contributed by atoms with E-state index in [1.165, 1.54) is 20.1 Å². The third-order valence-corrected chi connectivity index (χ3v) is 3.20. The molecule has 0 saturated heterocycles. The van der Waals surface area contributed by atoms with Crippen LogP contribution in [0.25, 0.3) is 0 Å². The number of hydrogen-bond donors (Lipinski definition) is 2. The number of aliphatic hydroxyl groups is 1. The van der Waals surface area contributed by atoms with Crippen LogP contribution in [0.3, 0.4) is 0 Å². The second kappa shape index (κ2) is 7.22.